The van der Waals surface area contributed by atoms with Gasteiger partial charge < -0.3 is 10.8 Å². The summed E-state index contributed by atoms with van der Waals surface area (Å²) in [6, 6.07) is 14.7. The number of nitrogens with two attached hydrogens (primary N) is 1. The molecule has 0 aliphatic carbocycles. The van der Waals surface area contributed by atoms with Crippen molar-refractivity contribution in [1.82, 2.24) is 9.55 Å². The Balaban J connectivity index is 2.04. The van der Waals surface area contributed by atoms with Crippen molar-refractivity contribution in [1.29, 1.82) is 0 Å². The molecule has 0 fully saturated rings. The molecule has 124 valence electrons. The number of fused-ring (bicyclic) bond motifs is 3. The Morgan fingerprint density at radius 1 is 1.12 bits per heavy atom. The Kier molecular flexibility index (Phi) is 3.63. The number of rotatable bonds is 2. The molecule has 25 heavy (non-hydrogen) atoms. The van der Waals surface area contributed by atoms with Gasteiger partial charge in [0.05, 0.1) is 11.4 Å². The molecule has 6 nitrogen and oxygen atoms in total. The maximum Gasteiger partial charge on any atom is 0.269 e. The number of para-hydroxylation sites is 1. The number of carbonyl (C=O) groups excluding carboxylic acids is 1. The van der Waals surface area contributed by atoms with Crippen LogP contribution in [-0.2, 0) is 0 Å². The number of amides is 1. The van der Waals surface area contributed by atoms with Crippen LogP contribution in [0, 0.1) is 0 Å². The zero-order chi connectivity index (χ0) is 17.6. The van der Waals surface area contributed by atoms with Crippen LogP contribution in [0.1, 0.15) is 33.5 Å². The summed E-state index contributed by atoms with van der Waals surface area (Å²) < 4.78 is 1.63. The van der Waals surface area contributed by atoms with Crippen LogP contribution >= 0.6 is 11.6 Å². The maximum atomic E-state index is 11.7. The van der Waals surface area contributed by atoms with Crippen LogP contribution in [0.15, 0.2) is 59.9 Å². The molecule has 2 heterocycles. The maximum absolute atomic E-state index is 11.7. The SMILES string of the molecule is NC(=O)c1ncn2c1C(O)N=C(c1ccccc1Cl)c1ccccc1-2. The Morgan fingerprint density at radius 2 is 1.80 bits per heavy atom. The van der Waals surface area contributed by atoms with E-state index >= 15 is 0 Å². The fourth-order valence-electron chi connectivity index (χ4n) is 2.99. The number of aromatic nitrogens is 2. The van der Waals surface area contributed by atoms with Crippen molar-refractivity contribution in [3.63, 3.8) is 0 Å². The Labute approximate surface area is 148 Å². The first-order valence-electron chi connectivity index (χ1n) is 7.55. The molecule has 4 rings (SSSR count). The number of aliphatic hydroxyl groups excluding tert-OH is 1. The summed E-state index contributed by atoms with van der Waals surface area (Å²) in [5, 5.41) is 11.2. The lowest BCUT2D eigenvalue weighted by molar-refractivity contribution is 0.0987. The van der Waals surface area contributed by atoms with Crippen LogP contribution in [0.4, 0.5) is 0 Å². The van der Waals surface area contributed by atoms with Gasteiger partial charge in [0.25, 0.3) is 5.91 Å². The third-order valence-corrected chi connectivity index (χ3v) is 4.41. The van der Waals surface area contributed by atoms with Gasteiger partial charge >= 0.3 is 0 Å². The quantitative estimate of drug-likeness (QED) is 0.741. The van der Waals surface area contributed by atoms with Crippen molar-refractivity contribution in [2.45, 2.75) is 6.23 Å². The fraction of sp³-hybridized carbons (Fsp3) is 0.0556. The van der Waals surface area contributed by atoms with E-state index in [-0.39, 0.29) is 11.4 Å². The van der Waals surface area contributed by atoms with Gasteiger partial charge in [-0.1, -0.05) is 48.0 Å². The normalized spacial score (nSPS) is 15.8. The molecule has 1 unspecified atom stereocenters. The number of halogens is 1. The van der Waals surface area contributed by atoms with Gasteiger partial charge in [-0.2, -0.15) is 0 Å². The zero-order valence-electron chi connectivity index (χ0n) is 12.9. The minimum absolute atomic E-state index is 0.00791. The van der Waals surface area contributed by atoms with Gasteiger partial charge in [0, 0.05) is 16.1 Å². The first kappa shape index (κ1) is 15.6. The van der Waals surface area contributed by atoms with E-state index in [1.165, 1.54) is 6.33 Å². The Bertz CT molecular complexity index is 1030. The lowest BCUT2D eigenvalue weighted by Crippen LogP contribution is -2.16. The first-order chi connectivity index (χ1) is 12.1. The predicted molar refractivity (Wildman–Crippen MR) is 94.1 cm³/mol. The largest absolute Gasteiger partial charge is 0.367 e. The molecule has 2 aromatic carbocycles. The lowest BCUT2D eigenvalue weighted by Gasteiger charge is -2.12. The molecule has 1 amide bonds. The van der Waals surface area contributed by atoms with Crippen LogP contribution in [0.5, 0.6) is 0 Å². The van der Waals surface area contributed by atoms with Crippen LogP contribution in [-0.4, -0.2) is 26.3 Å². The first-order valence-corrected chi connectivity index (χ1v) is 7.93. The van der Waals surface area contributed by atoms with E-state index in [1.54, 1.807) is 10.6 Å². The summed E-state index contributed by atoms with van der Waals surface area (Å²) >= 11 is 6.34. The van der Waals surface area contributed by atoms with Gasteiger partial charge in [-0.15, -0.1) is 0 Å². The second-order valence-corrected chi connectivity index (χ2v) is 5.97. The molecule has 3 aromatic rings. The van der Waals surface area contributed by atoms with E-state index in [1.807, 2.05) is 42.5 Å². The molecule has 0 bridgehead atoms. The van der Waals surface area contributed by atoms with Crippen molar-refractivity contribution in [2.24, 2.45) is 10.7 Å². The standard InChI is InChI=1S/C18H13ClN4O2/c19-12-7-3-1-5-10(12)14-11-6-2-4-8-13(11)23-9-21-15(17(20)24)16(23)18(25)22-14/h1-9,18,25H,(H2,20,24). The monoisotopic (exact) mass is 352 g/mol. The molecule has 0 spiro atoms. The molecular formula is C18H13ClN4O2. The molecule has 1 aliphatic rings. The second-order valence-electron chi connectivity index (χ2n) is 5.56. The highest BCUT2D eigenvalue weighted by molar-refractivity contribution is 6.35. The van der Waals surface area contributed by atoms with Gasteiger partial charge in [0.2, 0.25) is 0 Å². The van der Waals surface area contributed by atoms with Gasteiger partial charge in [-0.3, -0.25) is 9.36 Å². The summed E-state index contributed by atoms with van der Waals surface area (Å²) in [5.74, 6) is -0.721. The number of primary amides is 1. The number of carbonyl (C=O) groups is 1. The number of hydrogen-bond donors (Lipinski definition) is 2. The molecule has 0 saturated carbocycles. The number of hydrogen-bond acceptors (Lipinski definition) is 4. The number of aliphatic hydroxyl groups is 1. The van der Waals surface area contributed by atoms with Crippen molar-refractivity contribution in [3.8, 4) is 5.69 Å². The smallest absolute Gasteiger partial charge is 0.269 e. The van der Waals surface area contributed by atoms with E-state index in [0.29, 0.717) is 16.3 Å². The van der Waals surface area contributed by atoms with E-state index in [4.69, 9.17) is 17.3 Å². The van der Waals surface area contributed by atoms with Crippen LogP contribution in [0.3, 0.4) is 0 Å². The average molecular weight is 353 g/mol. The average Bonchev–Trinajstić information content (AvgIpc) is 3.01. The third-order valence-electron chi connectivity index (χ3n) is 4.08. The molecule has 3 N–H and O–H groups in total. The lowest BCUT2D eigenvalue weighted by atomic mass is 10.0. The highest BCUT2D eigenvalue weighted by Gasteiger charge is 2.29. The van der Waals surface area contributed by atoms with Gasteiger partial charge in [0.15, 0.2) is 11.9 Å². The van der Waals surface area contributed by atoms with Crippen molar-refractivity contribution in [3.05, 3.63) is 82.4 Å². The van der Waals surface area contributed by atoms with E-state index in [2.05, 4.69) is 9.98 Å². The number of benzene rings is 2. The van der Waals surface area contributed by atoms with Crippen LogP contribution in [0.25, 0.3) is 5.69 Å². The molecule has 7 heteroatoms. The van der Waals surface area contributed by atoms with Crippen molar-refractivity contribution >= 4 is 23.2 Å². The summed E-state index contributed by atoms with van der Waals surface area (Å²) in [4.78, 5) is 20.1. The Morgan fingerprint density at radius 3 is 2.52 bits per heavy atom. The molecule has 0 radical (unpaired) electrons. The molecule has 0 saturated heterocycles. The molecule has 1 aromatic heterocycles. The molecule has 1 atom stereocenters. The van der Waals surface area contributed by atoms with E-state index in [0.717, 1.165) is 11.3 Å². The zero-order valence-corrected chi connectivity index (χ0v) is 13.7. The Hall–Kier alpha value is -2.96. The van der Waals surface area contributed by atoms with Crippen molar-refractivity contribution in [2.75, 3.05) is 0 Å². The minimum Gasteiger partial charge on any atom is -0.367 e. The van der Waals surface area contributed by atoms with Gasteiger partial charge in [0.1, 0.15) is 12.0 Å². The fourth-order valence-corrected chi connectivity index (χ4v) is 3.22. The number of aliphatic imine (C=N–C) groups is 1. The summed E-state index contributed by atoms with van der Waals surface area (Å²) in [5.41, 5.74) is 8.34. The predicted octanol–water partition coefficient (Wildman–Crippen LogP) is 2.47. The summed E-state index contributed by atoms with van der Waals surface area (Å²) in [6.07, 6.45) is 0.159. The van der Waals surface area contributed by atoms with E-state index in [9.17, 15) is 9.90 Å². The minimum atomic E-state index is -1.30. The van der Waals surface area contributed by atoms with E-state index < -0.39 is 12.1 Å². The summed E-state index contributed by atoms with van der Waals surface area (Å²) in [7, 11) is 0. The van der Waals surface area contributed by atoms with Crippen LogP contribution < -0.4 is 5.73 Å². The molecule has 1 aliphatic heterocycles. The van der Waals surface area contributed by atoms with Gasteiger partial charge in [-0.25, -0.2) is 9.98 Å². The summed E-state index contributed by atoms with van der Waals surface area (Å²) in [6.45, 7) is 0. The third kappa shape index (κ3) is 2.43. The highest BCUT2D eigenvalue weighted by atomic mass is 35.5. The number of imidazole rings is 1. The van der Waals surface area contributed by atoms with Crippen LogP contribution in [0.2, 0.25) is 5.02 Å². The number of nitrogens with zero attached hydrogens (tertiary/aromatic N) is 3. The second kappa shape index (κ2) is 5.84. The van der Waals surface area contributed by atoms with Gasteiger partial charge in [-0.05, 0) is 12.1 Å². The molecular weight excluding hydrogens is 340 g/mol. The highest BCUT2D eigenvalue weighted by Crippen LogP contribution is 2.32. The van der Waals surface area contributed by atoms with Crippen molar-refractivity contribution < 1.29 is 9.90 Å². The topological polar surface area (TPSA) is 93.5 Å².